The second-order valence-electron chi connectivity index (χ2n) is 7.30. The first kappa shape index (κ1) is 21.3. The quantitative estimate of drug-likeness (QED) is 0.272. The molecule has 0 atom stereocenters. The molecule has 3 aromatic carbocycles. The number of carbonyl (C=O) groups excluding carboxylic acids is 1. The first-order chi connectivity index (χ1) is 16.1. The third-order valence-electron chi connectivity index (χ3n) is 5.21. The number of fused-ring (bicyclic) bond motifs is 1. The van der Waals surface area contributed by atoms with Crippen LogP contribution in [0, 0.1) is 0 Å². The number of pyridine rings is 1. The van der Waals surface area contributed by atoms with E-state index in [1.165, 1.54) is 11.3 Å². The number of amides is 1. The highest BCUT2D eigenvalue weighted by molar-refractivity contribution is 9.10. The predicted molar refractivity (Wildman–Crippen MR) is 137 cm³/mol. The summed E-state index contributed by atoms with van der Waals surface area (Å²) in [7, 11) is 1.63. The van der Waals surface area contributed by atoms with Gasteiger partial charge in [-0.15, -0.1) is 11.3 Å². The molecular formula is C26H18BrN3O2S. The molecule has 33 heavy (non-hydrogen) atoms. The summed E-state index contributed by atoms with van der Waals surface area (Å²) in [5.74, 6) is 0.544. The maximum Gasteiger partial charge on any atom is 0.258 e. The summed E-state index contributed by atoms with van der Waals surface area (Å²) < 4.78 is 6.26. The van der Waals surface area contributed by atoms with Crippen LogP contribution in [-0.4, -0.2) is 23.0 Å². The Labute approximate surface area is 203 Å². The van der Waals surface area contributed by atoms with Crippen LogP contribution in [-0.2, 0) is 0 Å². The smallest absolute Gasteiger partial charge is 0.258 e. The van der Waals surface area contributed by atoms with Crippen molar-refractivity contribution in [1.29, 1.82) is 0 Å². The Kier molecular flexibility index (Phi) is 5.90. The molecule has 2 aromatic heterocycles. The molecule has 5 aromatic rings. The van der Waals surface area contributed by atoms with E-state index in [1.54, 1.807) is 7.11 Å². The van der Waals surface area contributed by atoms with Crippen LogP contribution in [0.2, 0.25) is 0 Å². The zero-order valence-corrected chi connectivity index (χ0v) is 20.0. The van der Waals surface area contributed by atoms with Gasteiger partial charge in [0.2, 0.25) is 0 Å². The van der Waals surface area contributed by atoms with Crippen LogP contribution in [0.25, 0.3) is 33.4 Å². The van der Waals surface area contributed by atoms with E-state index in [9.17, 15) is 4.79 Å². The average Bonchev–Trinajstić information content (AvgIpc) is 3.32. The lowest BCUT2D eigenvalue weighted by molar-refractivity contribution is 0.102. The Morgan fingerprint density at radius 2 is 1.61 bits per heavy atom. The van der Waals surface area contributed by atoms with Crippen LogP contribution in [0.4, 0.5) is 5.13 Å². The Hall–Kier alpha value is -3.55. The van der Waals surface area contributed by atoms with E-state index in [0.717, 1.165) is 43.6 Å². The van der Waals surface area contributed by atoms with Crippen LogP contribution in [0.3, 0.4) is 0 Å². The summed E-state index contributed by atoms with van der Waals surface area (Å²) >= 11 is 4.84. The molecular weight excluding hydrogens is 498 g/mol. The molecule has 0 saturated heterocycles. The number of para-hydroxylation sites is 1. The van der Waals surface area contributed by atoms with Crippen molar-refractivity contribution < 1.29 is 9.53 Å². The number of aromatic nitrogens is 2. The second kappa shape index (κ2) is 9.13. The minimum Gasteiger partial charge on any atom is -0.497 e. The van der Waals surface area contributed by atoms with Crippen molar-refractivity contribution in [3.8, 4) is 28.3 Å². The maximum absolute atomic E-state index is 13.3. The first-order valence-corrected chi connectivity index (χ1v) is 11.8. The number of carbonyl (C=O) groups is 1. The van der Waals surface area contributed by atoms with Gasteiger partial charge in [-0.3, -0.25) is 10.1 Å². The number of hydrogen-bond donors (Lipinski definition) is 1. The molecule has 0 aliphatic rings. The van der Waals surface area contributed by atoms with Gasteiger partial charge in [-0.25, -0.2) is 9.97 Å². The fourth-order valence-corrected chi connectivity index (χ4v) is 4.50. The lowest BCUT2D eigenvalue weighted by Crippen LogP contribution is -2.13. The molecule has 0 aliphatic heterocycles. The van der Waals surface area contributed by atoms with Crippen molar-refractivity contribution in [3.63, 3.8) is 0 Å². The molecule has 5 rings (SSSR count). The minimum absolute atomic E-state index is 0.222. The van der Waals surface area contributed by atoms with Crippen molar-refractivity contribution in [2.75, 3.05) is 12.4 Å². The van der Waals surface area contributed by atoms with Crippen molar-refractivity contribution in [3.05, 3.63) is 94.3 Å². The van der Waals surface area contributed by atoms with E-state index in [1.807, 2.05) is 84.2 Å². The molecule has 0 radical (unpaired) electrons. The molecule has 0 saturated carbocycles. The zero-order chi connectivity index (χ0) is 22.8. The van der Waals surface area contributed by atoms with Gasteiger partial charge >= 0.3 is 0 Å². The van der Waals surface area contributed by atoms with Crippen molar-refractivity contribution in [1.82, 2.24) is 9.97 Å². The summed E-state index contributed by atoms with van der Waals surface area (Å²) in [6.45, 7) is 0. The van der Waals surface area contributed by atoms with Gasteiger partial charge in [-0.1, -0.05) is 46.3 Å². The minimum atomic E-state index is -0.222. The van der Waals surface area contributed by atoms with Gasteiger partial charge in [-0.2, -0.15) is 0 Å². The van der Waals surface area contributed by atoms with Crippen LogP contribution in [0.15, 0.2) is 88.7 Å². The molecule has 1 amide bonds. The number of thiazole rings is 1. The normalized spacial score (nSPS) is 10.8. The Balaban J connectivity index is 1.48. The number of benzene rings is 3. The largest absolute Gasteiger partial charge is 0.497 e. The number of hydrogen-bond acceptors (Lipinski definition) is 5. The van der Waals surface area contributed by atoms with E-state index in [2.05, 4.69) is 26.2 Å². The fourth-order valence-electron chi connectivity index (χ4n) is 3.52. The third kappa shape index (κ3) is 4.51. The summed E-state index contributed by atoms with van der Waals surface area (Å²) in [6.07, 6.45) is 0. The second-order valence-corrected chi connectivity index (χ2v) is 9.07. The lowest BCUT2D eigenvalue weighted by atomic mass is 10.0. The average molecular weight is 516 g/mol. The van der Waals surface area contributed by atoms with Gasteiger partial charge in [0, 0.05) is 26.4 Å². The molecule has 2 heterocycles. The number of rotatable bonds is 5. The predicted octanol–water partition coefficient (Wildman–Crippen LogP) is 7.05. The highest BCUT2D eigenvalue weighted by atomic mass is 79.9. The van der Waals surface area contributed by atoms with Crippen LogP contribution in [0.1, 0.15) is 10.4 Å². The fraction of sp³-hybridized carbons (Fsp3) is 0.0385. The van der Waals surface area contributed by atoms with Gasteiger partial charge < -0.3 is 4.74 Å². The van der Waals surface area contributed by atoms with E-state index < -0.39 is 0 Å². The molecule has 162 valence electrons. The molecule has 7 heteroatoms. The summed E-state index contributed by atoms with van der Waals surface area (Å²) in [5.41, 5.74) is 4.74. The summed E-state index contributed by atoms with van der Waals surface area (Å²) in [4.78, 5) is 22.7. The number of methoxy groups -OCH3 is 1. The molecule has 1 N–H and O–H groups in total. The SMILES string of the molecule is COc1ccc(-c2cc(C(=O)Nc3nc(-c4ccc(Br)cc4)cs3)c3ccccc3n2)cc1. The van der Waals surface area contributed by atoms with E-state index in [0.29, 0.717) is 10.7 Å². The van der Waals surface area contributed by atoms with Gasteiger partial charge in [0.25, 0.3) is 5.91 Å². The molecule has 5 nitrogen and oxygen atoms in total. The molecule has 0 spiro atoms. The third-order valence-corrected chi connectivity index (χ3v) is 6.50. The van der Waals surface area contributed by atoms with E-state index in [4.69, 9.17) is 9.72 Å². The standard InChI is InChI=1S/C26H18BrN3O2S/c1-32-19-12-8-16(9-13-19)23-14-21(20-4-2-3-5-22(20)28-23)25(31)30-26-29-24(15-33-26)17-6-10-18(27)11-7-17/h2-15H,1H3,(H,29,30,31). The van der Waals surface area contributed by atoms with Crippen molar-refractivity contribution >= 4 is 49.2 Å². The zero-order valence-electron chi connectivity index (χ0n) is 17.6. The number of halogens is 1. The highest BCUT2D eigenvalue weighted by Crippen LogP contribution is 2.29. The monoisotopic (exact) mass is 515 g/mol. The van der Waals surface area contributed by atoms with Crippen molar-refractivity contribution in [2.45, 2.75) is 0 Å². The number of nitrogens with one attached hydrogen (secondary N) is 1. The number of ether oxygens (including phenoxy) is 1. The topological polar surface area (TPSA) is 64.1 Å². The number of nitrogens with zero attached hydrogens (tertiary/aromatic N) is 2. The first-order valence-electron chi connectivity index (χ1n) is 10.2. The highest BCUT2D eigenvalue weighted by Gasteiger charge is 2.16. The van der Waals surface area contributed by atoms with E-state index >= 15 is 0 Å². The van der Waals surface area contributed by atoms with Gasteiger partial charge in [0.05, 0.1) is 29.6 Å². The maximum atomic E-state index is 13.3. The molecule has 0 aliphatic carbocycles. The van der Waals surface area contributed by atoms with Crippen LogP contribution < -0.4 is 10.1 Å². The lowest BCUT2D eigenvalue weighted by Gasteiger charge is -2.10. The summed E-state index contributed by atoms with van der Waals surface area (Å²) in [5, 5.41) is 6.23. The van der Waals surface area contributed by atoms with E-state index in [-0.39, 0.29) is 5.91 Å². The van der Waals surface area contributed by atoms with Gasteiger partial charge in [-0.05, 0) is 48.5 Å². The van der Waals surface area contributed by atoms with Crippen LogP contribution >= 0.6 is 27.3 Å². The van der Waals surface area contributed by atoms with Gasteiger partial charge in [0.15, 0.2) is 5.13 Å². The molecule has 0 bridgehead atoms. The van der Waals surface area contributed by atoms with Gasteiger partial charge in [0.1, 0.15) is 5.75 Å². The Bertz CT molecular complexity index is 1450. The van der Waals surface area contributed by atoms with Crippen molar-refractivity contribution in [2.24, 2.45) is 0 Å². The number of anilines is 1. The Morgan fingerprint density at radius 1 is 0.909 bits per heavy atom. The molecule has 0 fully saturated rings. The molecule has 0 unspecified atom stereocenters. The Morgan fingerprint density at radius 3 is 2.36 bits per heavy atom. The summed E-state index contributed by atoms with van der Waals surface area (Å²) in [6, 6.07) is 25.0. The van der Waals surface area contributed by atoms with Crippen LogP contribution in [0.5, 0.6) is 5.75 Å².